The zero-order valence-electron chi connectivity index (χ0n) is 18.1. The number of nitrogens with zero attached hydrogens (tertiary/aromatic N) is 2. The van der Waals surface area contributed by atoms with Crippen LogP contribution in [-0.4, -0.2) is 42.6 Å². The Labute approximate surface area is 175 Å². The number of furan rings is 1. The van der Waals surface area contributed by atoms with E-state index in [9.17, 15) is 9.59 Å². The van der Waals surface area contributed by atoms with Crippen molar-refractivity contribution in [2.24, 2.45) is 0 Å². The van der Waals surface area contributed by atoms with E-state index in [0.29, 0.717) is 22.6 Å². The second-order valence-corrected chi connectivity index (χ2v) is 7.15. The predicted molar refractivity (Wildman–Crippen MR) is 112 cm³/mol. The van der Waals surface area contributed by atoms with Gasteiger partial charge in [0.2, 0.25) is 0 Å². The summed E-state index contributed by atoms with van der Waals surface area (Å²) >= 11 is 0. The van der Waals surface area contributed by atoms with E-state index in [0.717, 1.165) is 22.8 Å². The zero-order chi connectivity index (χ0) is 22.0. The summed E-state index contributed by atoms with van der Waals surface area (Å²) in [6, 6.07) is 11.2. The maximum Gasteiger partial charge on any atom is 0.341 e. The maximum absolute atomic E-state index is 13.1. The average Bonchev–Trinajstić information content (AvgIpc) is 3.25. The van der Waals surface area contributed by atoms with E-state index in [4.69, 9.17) is 13.9 Å². The number of aryl methyl sites for hydroxylation is 2. The van der Waals surface area contributed by atoms with Gasteiger partial charge in [-0.15, -0.1) is 0 Å². The molecule has 0 saturated heterocycles. The van der Waals surface area contributed by atoms with Gasteiger partial charge in [0.1, 0.15) is 22.8 Å². The van der Waals surface area contributed by atoms with Crippen LogP contribution in [0.25, 0.3) is 5.69 Å². The number of methoxy groups -OCH3 is 2. The summed E-state index contributed by atoms with van der Waals surface area (Å²) in [5.41, 5.74) is 3.74. The van der Waals surface area contributed by atoms with E-state index in [1.165, 1.54) is 7.11 Å². The number of carbonyl (C=O) groups is 2. The molecule has 1 amide bonds. The molecule has 0 aliphatic heterocycles. The summed E-state index contributed by atoms with van der Waals surface area (Å²) in [4.78, 5) is 26.5. The molecule has 30 heavy (non-hydrogen) atoms. The lowest BCUT2D eigenvalue weighted by atomic mass is 10.2. The second-order valence-electron chi connectivity index (χ2n) is 7.15. The molecule has 158 valence electrons. The third kappa shape index (κ3) is 3.96. The standard InChI is InChI=1S/C23H26N2O5/c1-14-11-20(15(2)25(14)17-7-9-18(28-5)10-8-17)22(26)24(4)13-19-12-21(16(3)30-19)23(27)29-6/h7-12H,13H2,1-6H3. The van der Waals surface area contributed by atoms with Gasteiger partial charge in [0.15, 0.2) is 0 Å². The van der Waals surface area contributed by atoms with E-state index in [-0.39, 0.29) is 12.5 Å². The van der Waals surface area contributed by atoms with Gasteiger partial charge in [-0.3, -0.25) is 4.79 Å². The minimum atomic E-state index is -0.459. The van der Waals surface area contributed by atoms with Crippen molar-refractivity contribution in [3.05, 3.63) is 70.4 Å². The molecule has 3 rings (SSSR count). The van der Waals surface area contributed by atoms with Crippen molar-refractivity contribution in [1.29, 1.82) is 0 Å². The fraction of sp³-hybridized carbons (Fsp3) is 0.304. The van der Waals surface area contributed by atoms with Crippen LogP contribution in [0.3, 0.4) is 0 Å². The lowest BCUT2D eigenvalue weighted by Crippen LogP contribution is -2.26. The molecule has 0 atom stereocenters. The van der Waals surface area contributed by atoms with Crippen molar-refractivity contribution in [3.8, 4) is 11.4 Å². The zero-order valence-corrected chi connectivity index (χ0v) is 18.1. The molecule has 0 spiro atoms. The molecule has 0 N–H and O–H groups in total. The largest absolute Gasteiger partial charge is 0.497 e. The van der Waals surface area contributed by atoms with Crippen molar-refractivity contribution in [2.45, 2.75) is 27.3 Å². The Morgan fingerprint density at radius 3 is 2.30 bits per heavy atom. The van der Waals surface area contributed by atoms with Crippen LogP contribution in [0.4, 0.5) is 0 Å². The van der Waals surface area contributed by atoms with Crippen LogP contribution in [0.2, 0.25) is 0 Å². The first-order chi connectivity index (χ1) is 14.3. The predicted octanol–water partition coefficient (Wildman–Crippen LogP) is 4.06. The molecule has 0 aliphatic rings. The van der Waals surface area contributed by atoms with Gasteiger partial charge in [-0.05, 0) is 57.2 Å². The molecular formula is C23H26N2O5. The summed E-state index contributed by atoms with van der Waals surface area (Å²) in [6.45, 7) is 5.82. The average molecular weight is 410 g/mol. The lowest BCUT2D eigenvalue weighted by Gasteiger charge is -2.16. The van der Waals surface area contributed by atoms with Crippen LogP contribution in [0.1, 0.15) is 43.6 Å². The van der Waals surface area contributed by atoms with Gasteiger partial charge in [0.25, 0.3) is 5.91 Å². The molecule has 0 saturated carbocycles. The molecule has 0 unspecified atom stereocenters. The van der Waals surface area contributed by atoms with Crippen molar-refractivity contribution in [3.63, 3.8) is 0 Å². The number of aromatic nitrogens is 1. The number of esters is 1. The quantitative estimate of drug-likeness (QED) is 0.573. The van der Waals surface area contributed by atoms with Gasteiger partial charge >= 0.3 is 5.97 Å². The van der Waals surface area contributed by atoms with Crippen molar-refractivity contribution < 1.29 is 23.5 Å². The van der Waals surface area contributed by atoms with Gasteiger partial charge in [-0.1, -0.05) is 0 Å². The van der Waals surface area contributed by atoms with Crippen LogP contribution in [0.5, 0.6) is 5.75 Å². The normalized spacial score (nSPS) is 10.7. The highest BCUT2D eigenvalue weighted by Crippen LogP contribution is 2.24. The highest BCUT2D eigenvalue weighted by molar-refractivity contribution is 5.96. The van der Waals surface area contributed by atoms with E-state index in [2.05, 4.69) is 0 Å². The first kappa shape index (κ1) is 21.2. The fourth-order valence-corrected chi connectivity index (χ4v) is 3.55. The number of hydrogen-bond acceptors (Lipinski definition) is 5. The first-order valence-corrected chi connectivity index (χ1v) is 9.53. The van der Waals surface area contributed by atoms with E-state index in [1.807, 2.05) is 48.7 Å². The molecule has 7 nitrogen and oxygen atoms in total. The molecule has 0 bridgehead atoms. The molecule has 2 heterocycles. The van der Waals surface area contributed by atoms with Crippen molar-refractivity contribution in [1.82, 2.24) is 9.47 Å². The van der Waals surface area contributed by atoms with Gasteiger partial charge in [-0.25, -0.2) is 4.79 Å². The Kier molecular flexibility index (Phi) is 6.01. The summed E-state index contributed by atoms with van der Waals surface area (Å²) in [6.07, 6.45) is 0. The topological polar surface area (TPSA) is 73.9 Å². The molecule has 1 aromatic carbocycles. The molecule has 0 radical (unpaired) electrons. The number of amides is 1. The minimum absolute atomic E-state index is 0.128. The SMILES string of the molecule is COC(=O)c1cc(CN(C)C(=O)c2cc(C)n(-c3ccc(OC)cc3)c2C)oc1C. The lowest BCUT2D eigenvalue weighted by molar-refractivity contribution is 0.0598. The van der Waals surface area contributed by atoms with Gasteiger partial charge in [0, 0.05) is 24.1 Å². The summed E-state index contributed by atoms with van der Waals surface area (Å²) in [5, 5.41) is 0. The Balaban J connectivity index is 1.84. The fourth-order valence-electron chi connectivity index (χ4n) is 3.55. The number of ether oxygens (including phenoxy) is 2. The monoisotopic (exact) mass is 410 g/mol. The first-order valence-electron chi connectivity index (χ1n) is 9.53. The van der Waals surface area contributed by atoms with Crippen LogP contribution >= 0.6 is 0 Å². The van der Waals surface area contributed by atoms with Crippen LogP contribution in [-0.2, 0) is 11.3 Å². The summed E-state index contributed by atoms with van der Waals surface area (Å²) in [7, 11) is 4.66. The molecule has 3 aromatic rings. The molecular weight excluding hydrogens is 384 g/mol. The van der Waals surface area contributed by atoms with Crippen LogP contribution in [0.15, 0.2) is 40.8 Å². The Hall–Kier alpha value is -3.48. The van der Waals surface area contributed by atoms with Crippen LogP contribution in [0, 0.1) is 20.8 Å². The Bertz CT molecular complexity index is 1080. The highest BCUT2D eigenvalue weighted by atomic mass is 16.5. The van der Waals surface area contributed by atoms with Crippen molar-refractivity contribution >= 4 is 11.9 Å². The van der Waals surface area contributed by atoms with Crippen LogP contribution < -0.4 is 4.74 Å². The van der Waals surface area contributed by atoms with E-state index >= 15 is 0 Å². The summed E-state index contributed by atoms with van der Waals surface area (Å²) in [5.74, 6) is 1.18. The third-order valence-electron chi connectivity index (χ3n) is 5.11. The number of hydrogen-bond donors (Lipinski definition) is 0. The van der Waals surface area contributed by atoms with Crippen molar-refractivity contribution in [2.75, 3.05) is 21.3 Å². The van der Waals surface area contributed by atoms with Gasteiger partial charge in [0.05, 0.1) is 26.3 Å². The molecule has 0 aliphatic carbocycles. The Morgan fingerprint density at radius 1 is 1.03 bits per heavy atom. The maximum atomic E-state index is 13.1. The molecule has 7 heteroatoms. The molecule has 0 fully saturated rings. The number of carbonyl (C=O) groups excluding carboxylic acids is 2. The highest BCUT2D eigenvalue weighted by Gasteiger charge is 2.22. The molecule has 2 aromatic heterocycles. The second kappa shape index (κ2) is 8.49. The number of rotatable bonds is 6. The van der Waals surface area contributed by atoms with Gasteiger partial charge < -0.3 is 23.4 Å². The third-order valence-corrected chi connectivity index (χ3v) is 5.11. The van der Waals surface area contributed by atoms with E-state index in [1.54, 1.807) is 32.0 Å². The minimum Gasteiger partial charge on any atom is -0.497 e. The summed E-state index contributed by atoms with van der Waals surface area (Å²) < 4.78 is 17.6. The Morgan fingerprint density at radius 2 is 1.70 bits per heavy atom. The van der Waals surface area contributed by atoms with Gasteiger partial charge in [-0.2, -0.15) is 0 Å². The smallest absolute Gasteiger partial charge is 0.341 e. The number of benzene rings is 1. The van der Waals surface area contributed by atoms with E-state index < -0.39 is 5.97 Å².